The normalized spacial score (nSPS) is 14.9. The molecular formula is C31H38ClN7O2. The van der Waals surface area contributed by atoms with Gasteiger partial charge < -0.3 is 9.30 Å². The first-order valence-corrected chi connectivity index (χ1v) is 14.8. The van der Waals surface area contributed by atoms with E-state index in [0.29, 0.717) is 17.5 Å². The third kappa shape index (κ3) is 6.21. The number of likely N-dealkylation sites (N-methyl/N-ethyl adjacent to an activating group) is 1. The number of halogens is 1. The predicted octanol–water partition coefficient (Wildman–Crippen LogP) is 6.08. The summed E-state index contributed by atoms with van der Waals surface area (Å²) in [5.74, 6) is 1.29. The molecule has 1 N–H and O–H groups in total. The van der Waals surface area contributed by atoms with Crippen molar-refractivity contribution in [1.29, 1.82) is 0 Å². The molecule has 216 valence electrons. The van der Waals surface area contributed by atoms with Crippen LogP contribution in [0, 0.1) is 0 Å². The Bertz CT molecular complexity index is 1440. The molecule has 0 spiro atoms. The van der Waals surface area contributed by atoms with Gasteiger partial charge in [-0.2, -0.15) is 5.21 Å². The van der Waals surface area contributed by atoms with E-state index in [0.717, 1.165) is 85.1 Å². The Balaban J connectivity index is 1.38. The minimum Gasteiger partial charge on any atom is -0.458 e. The standard InChI is InChI=1S/C31H38ClN7O2/c1-4-5-13-27-33-28(32)26(21-41-30(40)31(38(2)3)18-9-6-10-19-31)39(27)20-22-14-16-23(17-15-22)24-11-7-8-12-25(24)29-34-36-37-35-29/h7-8,11-12,14-17H,4-6,9-10,13,18-21H2,1-3H3,(H,34,35,36,37). The second-order valence-corrected chi connectivity index (χ2v) is 11.4. The van der Waals surface area contributed by atoms with Crippen molar-refractivity contribution in [3.8, 4) is 22.5 Å². The van der Waals surface area contributed by atoms with E-state index in [1.54, 1.807) is 0 Å². The van der Waals surface area contributed by atoms with Crippen LogP contribution in [-0.2, 0) is 29.1 Å². The molecule has 1 aliphatic carbocycles. The van der Waals surface area contributed by atoms with Gasteiger partial charge in [-0.05, 0) is 55.3 Å². The Labute approximate surface area is 246 Å². The topological polar surface area (TPSA) is 102 Å². The fraction of sp³-hybridized carbons (Fsp3) is 0.452. The molecule has 1 aliphatic rings. The van der Waals surface area contributed by atoms with Crippen molar-refractivity contribution in [2.45, 2.75) is 77.0 Å². The third-order valence-corrected chi connectivity index (χ3v) is 8.53. The Kier molecular flexibility index (Phi) is 9.15. The fourth-order valence-corrected chi connectivity index (χ4v) is 6.03. The van der Waals surface area contributed by atoms with E-state index < -0.39 is 5.54 Å². The zero-order chi connectivity index (χ0) is 28.8. The number of aromatic amines is 1. The van der Waals surface area contributed by atoms with Crippen LogP contribution in [0.25, 0.3) is 22.5 Å². The fourth-order valence-electron chi connectivity index (χ4n) is 5.77. The van der Waals surface area contributed by atoms with Gasteiger partial charge >= 0.3 is 5.97 Å². The molecule has 41 heavy (non-hydrogen) atoms. The Morgan fingerprint density at radius 3 is 2.46 bits per heavy atom. The molecule has 0 atom stereocenters. The highest BCUT2D eigenvalue weighted by Crippen LogP contribution is 2.34. The monoisotopic (exact) mass is 575 g/mol. The maximum absolute atomic E-state index is 13.4. The molecule has 4 aromatic rings. The first-order valence-electron chi connectivity index (χ1n) is 14.4. The number of esters is 1. The predicted molar refractivity (Wildman–Crippen MR) is 159 cm³/mol. The third-order valence-electron chi connectivity index (χ3n) is 8.23. The molecule has 2 aromatic carbocycles. The lowest BCUT2D eigenvalue weighted by Crippen LogP contribution is -2.53. The first-order chi connectivity index (χ1) is 19.9. The van der Waals surface area contributed by atoms with Crippen molar-refractivity contribution in [1.82, 2.24) is 35.1 Å². The smallest absolute Gasteiger partial charge is 0.326 e. The minimum atomic E-state index is -0.575. The molecule has 0 amide bonds. The highest BCUT2D eigenvalue weighted by molar-refractivity contribution is 6.30. The highest BCUT2D eigenvalue weighted by Gasteiger charge is 2.43. The maximum atomic E-state index is 13.4. The number of tetrazole rings is 1. The second-order valence-electron chi connectivity index (χ2n) is 11.0. The number of unbranched alkanes of at least 4 members (excludes halogenated alkanes) is 1. The molecule has 9 nitrogen and oxygen atoms in total. The molecule has 5 rings (SSSR count). The number of aryl methyl sites for hydroxylation is 1. The second kappa shape index (κ2) is 13.0. The van der Waals surface area contributed by atoms with Crippen LogP contribution in [0.2, 0.25) is 5.15 Å². The van der Waals surface area contributed by atoms with Crippen molar-refractivity contribution in [2.24, 2.45) is 0 Å². The number of carbonyl (C=O) groups is 1. The zero-order valence-electron chi connectivity index (χ0n) is 24.1. The van der Waals surface area contributed by atoms with Crippen LogP contribution in [0.15, 0.2) is 48.5 Å². The van der Waals surface area contributed by atoms with Gasteiger partial charge in [0.1, 0.15) is 18.0 Å². The summed E-state index contributed by atoms with van der Waals surface area (Å²) in [4.78, 5) is 20.2. The van der Waals surface area contributed by atoms with E-state index in [1.165, 1.54) is 0 Å². The van der Waals surface area contributed by atoms with Gasteiger partial charge in [-0.15, -0.1) is 10.2 Å². The van der Waals surface area contributed by atoms with Gasteiger partial charge in [-0.25, -0.2) is 4.98 Å². The summed E-state index contributed by atoms with van der Waals surface area (Å²) in [5.41, 5.74) is 4.26. The van der Waals surface area contributed by atoms with Crippen molar-refractivity contribution in [3.05, 3.63) is 70.8 Å². The van der Waals surface area contributed by atoms with Crippen LogP contribution in [-0.4, -0.2) is 60.7 Å². The number of hydrogen-bond donors (Lipinski definition) is 1. The number of rotatable bonds is 11. The lowest BCUT2D eigenvalue weighted by molar-refractivity contribution is -0.160. The van der Waals surface area contributed by atoms with Crippen molar-refractivity contribution in [2.75, 3.05) is 14.1 Å². The first kappa shape index (κ1) is 29.0. The lowest BCUT2D eigenvalue weighted by atomic mass is 9.81. The van der Waals surface area contributed by atoms with Gasteiger partial charge in [0.2, 0.25) is 5.82 Å². The summed E-state index contributed by atoms with van der Waals surface area (Å²) < 4.78 is 8.11. The molecule has 1 fully saturated rings. The Morgan fingerprint density at radius 2 is 1.80 bits per heavy atom. The SMILES string of the molecule is CCCCc1nc(Cl)c(COC(=O)C2(N(C)C)CCCCC2)n1Cc1ccc(-c2ccccc2-c2nn[nH]n2)cc1. The van der Waals surface area contributed by atoms with E-state index in [2.05, 4.69) is 62.4 Å². The van der Waals surface area contributed by atoms with Crippen LogP contribution in [0.4, 0.5) is 0 Å². The van der Waals surface area contributed by atoms with Crippen LogP contribution in [0.5, 0.6) is 0 Å². The van der Waals surface area contributed by atoms with E-state index in [1.807, 2.05) is 37.2 Å². The number of nitrogens with zero attached hydrogens (tertiary/aromatic N) is 6. The van der Waals surface area contributed by atoms with Crippen LogP contribution < -0.4 is 0 Å². The number of nitrogens with one attached hydrogen (secondary N) is 1. The lowest BCUT2D eigenvalue weighted by Gasteiger charge is -2.40. The average molecular weight is 576 g/mol. The Hall–Kier alpha value is -3.56. The van der Waals surface area contributed by atoms with Crippen molar-refractivity contribution in [3.63, 3.8) is 0 Å². The summed E-state index contributed by atoms with van der Waals surface area (Å²) in [6, 6.07) is 16.4. The molecule has 0 unspecified atom stereocenters. The summed E-state index contributed by atoms with van der Waals surface area (Å²) in [6.45, 7) is 2.84. The highest BCUT2D eigenvalue weighted by atomic mass is 35.5. The van der Waals surface area contributed by atoms with Gasteiger partial charge in [0, 0.05) is 18.5 Å². The van der Waals surface area contributed by atoms with Crippen molar-refractivity contribution < 1.29 is 9.53 Å². The van der Waals surface area contributed by atoms with E-state index in [9.17, 15) is 4.79 Å². The van der Waals surface area contributed by atoms with E-state index in [-0.39, 0.29) is 12.6 Å². The van der Waals surface area contributed by atoms with E-state index in [4.69, 9.17) is 21.3 Å². The Morgan fingerprint density at radius 1 is 1.07 bits per heavy atom. The largest absolute Gasteiger partial charge is 0.458 e. The molecule has 1 saturated carbocycles. The van der Waals surface area contributed by atoms with Crippen LogP contribution in [0.3, 0.4) is 0 Å². The minimum absolute atomic E-state index is 0.0997. The van der Waals surface area contributed by atoms with Crippen molar-refractivity contribution >= 4 is 17.6 Å². The average Bonchev–Trinajstić information content (AvgIpc) is 3.64. The molecule has 0 bridgehead atoms. The summed E-state index contributed by atoms with van der Waals surface area (Å²) in [7, 11) is 3.94. The van der Waals surface area contributed by atoms with Crippen LogP contribution >= 0.6 is 11.6 Å². The summed E-state index contributed by atoms with van der Waals surface area (Å²) in [6.07, 6.45) is 7.71. The number of ether oxygens (including phenoxy) is 1. The summed E-state index contributed by atoms with van der Waals surface area (Å²) >= 11 is 6.68. The number of aromatic nitrogens is 6. The quantitative estimate of drug-likeness (QED) is 0.216. The molecular weight excluding hydrogens is 538 g/mol. The molecule has 0 saturated heterocycles. The number of H-pyrrole nitrogens is 1. The molecule has 0 radical (unpaired) electrons. The molecule has 2 heterocycles. The van der Waals surface area contributed by atoms with Gasteiger partial charge in [-0.1, -0.05) is 92.7 Å². The van der Waals surface area contributed by atoms with Crippen LogP contribution in [0.1, 0.15) is 69.0 Å². The number of hydrogen-bond acceptors (Lipinski definition) is 7. The number of benzene rings is 2. The number of imidazole rings is 1. The van der Waals surface area contributed by atoms with Gasteiger partial charge in [0.15, 0.2) is 5.15 Å². The maximum Gasteiger partial charge on any atom is 0.326 e. The van der Waals surface area contributed by atoms with Gasteiger partial charge in [0.05, 0.1) is 5.69 Å². The molecule has 0 aliphatic heterocycles. The number of carbonyl (C=O) groups excluding carboxylic acids is 1. The summed E-state index contributed by atoms with van der Waals surface area (Å²) in [5, 5.41) is 15.0. The van der Waals surface area contributed by atoms with Gasteiger partial charge in [-0.3, -0.25) is 9.69 Å². The molecule has 10 heteroatoms. The van der Waals surface area contributed by atoms with E-state index >= 15 is 0 Å². The van der Waals surface area contributed by atoms with Gasteiger partial charge in [0.25, 0.3) is 0 Å². The molecule has 2 aromatic heterocycles. The zero-order valence-corrected chi connectivity index (χ0v) is 24.8.